The zero-order valence-corrected chi connectivity index (χ0v) is 10.9. The van der Waals surface area contributed by atoms with E-state index in [9.17, 15) is 5.11 Å². The lowest BCUT2D eigenvalue weighted by molar-refractivity contribution is -0.0422. The molecule has 0 aromatic heterocycles. The average Bonchev–Trinajstić information content (AvgIpc) is 2.85. The van der Waals surface area contributed by atoms with E-state index in [1.165, 1.54) is 19.4 Å². The maximum atomic E-state index is 11.0. The third-order valence-corrected chi connectivity index (χ3v) is 4.49. The predicted octanol–water partition coefficient (Wildman–Crippen LogP) is 2.14. The Morgan fingerprint density at radius 1 is 1.33 bits per heavy atom. The summed E-state index contributed by atoms with van der Waals surface area (Å²) in [5, 5.41) is 11.0. The first-order valence-corrected chi connectivity index (χ1v) is 6.83. The lowest BCUT2D eigenvalue weighted by Gasteiger charge is -2.41. The largest absolute Gasteiger partial charge is 0.496 e. The molecule has 2 heterocycles. The first kappa shape index (κ1) is 12.0. The number of piperidine rings is 1. The highest BCUT2D eigenvalue weighted by Crippen LogP contribution is 2.42. The molecule has 1 N–H and O–H groups in total. The molecule has 0 spiro atoms. The van der Waals surface area contributed by atoms with Crippen LogP contribution in [0.3, 0.4) is 0 Å². The molecule has 3 rings (SSSR count). The summed E-state index contributed by atoms with van der Waals surface area (Å²) in [6.07, 6.45) is 4.14. The molecule has 2 aliphatic heterocycles. The molecule has 2 atom stereocenters. The Kier molecular flexibility index (Phi) is 3.04. The van der Waals surface area contributed by atoms with Crippen molar-refractivity contribution in [2.75, 3.05) is 20.2 Å². The molecule has 2 fully saturated rings. The van der Waals surface area contributed by atoms with E-state index in [4.69, 9.17) is 4.74 Å². The van der Waals surface area contributed by atoms with E-state index in [-0.39, 0.29) is 0 Å². The molecule has 1 aromatic carbocycles. The molecule has 0 aliphatic carbocycles. The van der Waals surface area contributed by atoms with Gasteiger partial charge in [-0.15, -0.1) is 0 Å². The van der Waals surface area contributed by atoms with Crippen molar-refractivity contribution in [2.24, 2.45) is 0 Å². The van der Waals surface area contributed by atoms with E-state index >= 15 is 0 Å². The molecular weight excluding hydrogens is 226 g/mol. The molecule has 98 valence electrons. The summed E-state index contributed by atoms with van der Waals surface area (Å²) in [6.45, 7) is 2.20. The van der Waals surface area contributed by atoms with E-state index in [1.54, 1.807) is 7.11 Å². The van der Waals surface area contributed by atoms with Gasteiger partial charge in [-0.3, -0.25) is 0 Å². The molecule has 2 unspecified atom stereocenters. The van der Waals surface area contributed by atoms with Crippen LogP contribution in [-0.4, -0.2) is 36.2 Å². The Bertz CT molecular complexity index is 434. The van der Waals surface area contributed by atoms with Gasteiger partial charge in [-0.2, -0.15) is 0 Å². The van der Waals surface area contributed by atoms with E-state index in [1.807, 2.05) is 24.3 Å². The minimum absolute atomic E-state index is 0.550. The number of fused-ring (bicyclic) bond motifs is 1. The molecular formula is C15H21NO2. The van der Waals surface area contributed by atoms with Crippen molar-refractivity contribution < 1.29 is 9.84 Å². The van der Waals surface area contributed by atoms with Gasteiger partial charge in [0.1, 0.15) is 5.75 Å². The quantitative estimate of drug-likeness (QED) is 0.869. The summed E-state index contributed by atoms with van der Waals surface area (Å²) in [5.41, 5.74) is 0.247. The van der Waals surface area contributed by atoms with Gasteiger partial charge in [-0.1, -0.05) is 18.2 Å². The van der Waals surface area contributed by atoms with Crippen molar-refractivity contribution in [3.63, 3.8) is 0 Å². The van der Waals surface area contributed by atoms with Gasteiger partial charge in [0.2, 0.25) is 0 Å². The molecule has 2 aliphatic rings. The van der Waals surface area contributed by atoms with Gasteiger partial charge in [0.15, 0.2) is 0 Å². The van der Waals surface area contributed by atoms with Gasteiger partial charge in [0.05, 0.1) is 12.7 Å². The maximum absolute atomic E-state index is 11.0. The van der Waals surface area contributed by atoms with Crippen molar-refractivity contribution in [3.05, 3.63) is 29.8 Å². The van der Waals surface area contributed by atoms with Gasteiger partial charge >= 0.3 is 0 Å². The summed E-state index contributed by atoms with van der Waals surface area (Å²) >= 11 is 0. The maximum Gasteiger partial charge on any atom is 0.124 e. The molecule has 0 bridgehead atoms. The van der Waals surface area contributed by atoms with Crippen LogP contribution in [0.1, 0.15) is 31.2 Å². The number of para-hydroxylation sites is 1. The van der Waals surface area contributed by atoms with E-state index in [0.29, 0.717) is 6.04 Å². The molecule has 0 radical (unpaired) electrons. The lowest BCUT2D eigenvalue weighted by Crippen LogP contribution is -2.46. The van der Waals surface area contributed by atoms with Gasteiger partial charge in [0.25, 0.3) is 0 Å². The zero-order chi connectivity index (χ0) is 12.6. The van der Waals surface area contributed by atoms with Gasteiger partial charge in [0, 0.05) is 18.2 Å². The van der Waals surface area contributed by atoms with Crippen LogP contribution < -0.4 is 4.74 Å². The fraction of sp³-hybridized carbons (Fsp3) is 0.600. The Morgan fingerprint density at radius 3 is 3.00 bits per heavy atom. The summed E-state index contributed by atoms with van der Waals surface area (Å²) in [5.74, 6) is 0.812. The number of benzene rings is 1. The van der Waals surface area contributed by atoms with Crippen molar-refractivity contribution in [1.29, 1.82) is 0 Å². The summed E-state index contributed by atoms with van der Waals surface area (Å²) < 4.78 is 5.40. The highest BCUT2D eigenvalue weighted by molar-refractivity contribution is 5.38. The highest BCUT2D eigenvalue weighted by atomic mass is 16.5. The van der Waals surface area contributed by atoms with E-state index < -0.39 is 5.60 Å². The van der Waals surface area contributed by atoms with Crippen molar-refractivity contribution in [3.8, 4) is 5.75 Å². The van der Waals surface area contributed by atoms with Crippen LogP contribution in [0.5, 0.6) is 5.75 Å². The molecule has 18 heavy (non-hydrogen) atoms. The number of aliphatic hydroxyl groups is 1. The Labute approximate surface area is 108 Å². The second kappa shape index (κ2) is 4.56. The van der Waals surface area contributed by atoms with Crippen LogP contribution in [0.4, 0.5) is 0 Å². The first-order chi connectivity index (χ1) is 8.73. The van der Waals surface area contributed by atoms with Crippen LogP contribution >= 0.6 is 0 Å². The van der Waals surface area contributed by atoms with E-state index in [2.05, 4.69) is 4.90 Å². The predicted molar refractivity (Wildman–Crippen MR) is 70.7 cm³/mol. The van der Waals surface area contributed by atoms with Gasteiger partial charge in [-0.25, -0.2) is 0 Å². The van der Waals surface area contributed by atoms with Crippen molar-refractivity contribution >= 4 is 0 Å². The number of ether oxygens (including phenoxy) is 1. The van der Waals surface area contributed by atoms with Crippen LogP contribution in [0.15, 0.2) is 24.3 Å². The lowest BCUT2D eigenvalue weighted by atomic mass is 9.80. The third-order valence-electron chi connectivity index (χ3n) is 4.49. The molecule has 0 amide bonds. The standard InChI is InChI=1S/C15H21NO2/c1-18-14-7-3-2-6-13(14)15(17)8-10-16-9-4-5-12(16)11-15/h2-3,6-7,12,17H,4-5,8-11H2,1H3. The zero-order valence-electron chi connectivity index (χ0n) is 10.9. The summed E-state index contributed by atoms with van der Waals surface area (Å²) in [7, 11) is 1.67. The third kappa shape index (κ3) is 1.91. The SMILES string of the molecule is COc1ccccc1C1(O)CCN2CCCC2C1. The number of hydrogen-bond donors (Lipinski definition) is 1. The van der Waals surface area contributed by atoms with Gasteiger partial charge in [-0.05, 0) is 38.3 Å². The molecule has 3 heteroatoms. The molecule has 2 saturated heterocycles. The Hall–Kier alpha value is -1.06. The molecule has 3 nitrogen and oxygen atoms in total. The van der Waals surface area contributed by atoms with Crippen molar-refractivity contribution in [1.82, 2.24) is 4.90 Å². The van der Waals surface area contributed by atoms with Crippen molar-refractivity contribution in [2.45, 2.75) is 37.3 Å². The number of nitrogens with zero attached hydrogens (tertiary/aromatic N) is 1. The number of hydrogen-bond acceptors (Lipinski definition) is 3. The topological polar surface area (TPSA) is 32.7 Å². The highest BCUT2D eigenvalue weighted by Gasteiger charge is 2.42. The second-order valence-corrected chi connectivity index (χ2v) is 5.52. The van der Waals surface area contributed by atoms with Crippen LogP contribution in [-0.2, 0) is 5.60 Å². The van der Waals surface area contributed by atoms with E-state index in [0.717, 1.165) is 30.7 Å². The number of rotatable bonds is 2. The fourth-order valence-electron chi connectivity index (χ4n) is 3.51. The average molecular weight is 247 g/mol. The smallest absolute Gasteiger partial charge is 0.124 e. The second-order valence-electron chi connectivity index (χ2n) is 5.52. The van der Waals surface area contributed by atoms with Crippen LogP contribution in [0.25, 0.3) is 0 Å². The summed E-state index contributed by atoms with van der Waals surface area (Å²) in [4.78, 5) is 2.52. The van der Waals surface area contributed by atoms with Crippen LogP contribution in [0.2, 0.25) is 0 Å². The number of methoxy groups -OCH3 is 1. The van der Waals surface area contributed by atoms with Crippen LogP contribution in [0, 0.1) is 0 Å². The molecule has 1 aromatic rings. The normalized spacial score (nSPS) is 32.2. The molecule has 0 saturated carbocycles. The minimum atomic E-state index is -0.710. The fourth-order valence-corrected chi connectivity index (χ4v) is 3.51. The first-order valence-electron chi connectivity index (χ1n) is 6.83. The Morgan fingerprint density at radius 2 is 2.17 bits per heavy atom. The Balaban J connectivity index is 1.90. The monoisotopic (exact) mass is 247 g/mol. The van der Waals surface area contributed by atoms with Gasteiger partial charge < -0.3 is 14.7 Å². The summed E-state index contributed by atoms with van der Waals surface area (Å²) in [6, 6.07) is 8.43. The minimum Gasteiger partial charge on any atom is -0.496 e.